The molecule has 0 amide bonds. The lowest BCUT2D eigenvalue weighted by molar-refractivity contribution is 1.25. The first kappa shape index (κ1) is 17.3. The van der Waals surface area contributed by atoms with Gasteiger partial charge in [-0.05, 0) is 30.8 Å². The van der Waals surface area contributed by atoms with Crippen molar-refractivity contribution in [2.24, 2.45) is 4.99 Å². The number of hydrogen-bond donors (Lipinski definition) is 0. The summed E-state index contributed by atoms with van der Waals surface area (Å²) in [6.45, 7) is 5.76. The molecule has 1 unspecified atom stereocenters. The highest BCUT2D eigenvalue weighted by atomic mass is 32.4. The number of benzene rings is 2. The summed E-state index contributed by atoms with van der Waals surface area (Å²) < 4.78 is 2.36. The van der Waals surface area contributed by atoms with Crippen molar-refractivity contribution in [2.75, 3.05) is 4.67 Å². The predicted molar refractivity (Wildman–Crippen MR) is 123 cm³/mol. The summed E-state index contributed by atoms with van der Waals surface area (Å²) in [6, 6.07) is 19.0. The van der Waals surface area contributed by atoms with Gasteiger partial charge in [-0.1, -0.05) is 66.4 Å². The molecule has 2 aliphatic heterocycles. The zero-order valence-corrected chi connectivity index (χ0v) is 17.1. The molecule has 3 nitrogen and oxygen atoms in total. The van der Waals surface area contributed by atoms with Crippen molar-refractivity contribution in [3.8, 4) is 11.1 Å². The lowest BCUT2D eigenvalue weighted by atomic mass is 10.0. The molecule has 0 N–H and O–H groups in total. The molecule has 0 spiro atoms. The van der Waals surface area contributed by atoms with Crippen LogP contribution >= 0.6 is 6.19 Å². The van der Waals surface area contributed by atoms with Gasteiger partial charge in [-0.3, -0.25) is 9.98 Å². The molecule has 2 aliphatic rings. The van der Waals surface area contributed by atoms with E-state index in [1.807, 2.05) is 18.6 Å². The van der Waals surface area contributed by atoms with Crippen LogP contribution in [0.25, 0.3) is 16.7 Å². The van der Waals surface area contributed by atoms with E-state index in [0.29, 0.717) is 0 Å². The zero-order chi connectivity index (χ0) is 19.3. The Balaban J connectivity index is 1.99. The molecule has 1 atom stereocenters. The maximum Gasteiger partial charge on any atom is 0.0985 e. The number of allylic oxidation sites excluding steroid dienone is 2. The van der Waals surface area contributed by atoms with Gasteiger partial charge < -0.3 is 4.67 Å². The van der Waals surface area contributed by atoms with Crippen molar-refractivity contribution in [3.05, 3.63) is 90.5 Å². The van der Waals surface area contributed by atoms with Crippen LogP contribution in [0, 0.1) is 0 Å². The fourth-order valence-corrected chi connectivity index (χ4v) is 9.04. The van der Waals surface area contributed by atoms with Gasteiger partial charge >= 0.3 is 0 Å². The molecular weight excluding hydrogens is 381 g/mol. The first-order chi connectivity index (χ1) is 13.7. The Hall–Kier alpha value is -2.81. The molecule has 0 saturated heterocycles. The van der Waals surface area contributed by atoms with E-state index < -0.39 is 6.19 Å². The standard InChI is InChI=1S/C23H18N3PS/c1-3-20-18(14-24-2)16-8-4-6-10-22(16)27(28)23-11-7-5-9-17(23)19-15-25-13-12-21(19)26(20)27/h3-15H,2H2,1H3/b18-14?,20-3+. The highest BCUT2D eigenvalue weighted by Gasteiger charge is 2.44. The van der Waals surface area contributed by atoms with Crippen molar-refractivity contribution in [3.63, 3.8) is 0 Å². The molecule has 0 radical (unpaired) electrons. The summed E-state index contributed by atoms with van der Waals surface area (Å²) in [5.74, 6) is 0. The fraction of sp³-hybridized carbons (Fsp3) is 0.0435. The summed E-state index contributed by atoms with van der Waals surface area (Å²) in [5, 5.41) is 2.41. The molecular formula is C23H18N3PS. The number of rotatable bonds is 1. The average Bonchev–Trinajstić information content (AvgIpc) is 2.75. The van der Waals surface area contributed by atoms with Crippen molar-refractivity contribution < 1.29 is 0 Å². The van der Waals surface area contributed by atoms with E-state index in [9.17, 15) is 0 Å². The Labute approximate surface area is 169 Å². The SMILES string of the molecule is C=NC=C1/C(=C\C)N2c3ccncc3-c3ccccc3P2(=S)c2ccccc21. The van der Waals surface area contributed by atoms with E-state index >= 15 is 0 Å². The van der Waals surface area contributed by atoms with Gasteiger partial charge in [0.1, 0.15) is 0 Å². The third-order valence-electron chi connectivity index (χ3n) is 5.35. The van der Waals surface area contributed by atoms with Crippen LogP contribution in [0.5, 0.6) is 0 Å². The molecule has 5 heteroatoms. The molecule has 0 saturated carbocycles. The lowest BCUT2D eigenvalue weighted by Crippen LogP contribution is -2.40. The second-order valence-electron chi connectivity index (χ2n) is 6.71. The molecule has 1 aromatic heterocycles. The highest BCUT2D eigenvalue weighted by molar-refractivity contribution is 8.23. The maximum absolute atomic E-state index is 6.60. The number of anilines is 1. The van der Waals surface area contributed by atoms with Crippen LogP contribution in [0.3, 0.4) is 0 Å². The Morgan fingerprint density at radius 3 is 2.39 bits per heavy atom. The minimum Gasteiger partial charge on any atom is -0.304 e. The second kappa shape index (κ2) is 6.37. The predicted octanol–water partition coefficient (Wildman–Crippen LogP) is 4.87. The summed E-state index contributed by atoms with van der Waals surface area (Å²) in [7, 11) is 0. The van der Waals surface area contributed by atoms with Gasteiger partial charge in [-0.25, -0.2) is 0 Å². The average molecular weight is 399 g/mol. The molecule has 3 aromatic rings. The monoisotopic (exact) mass is 399 g/mol. The normalized spacial score (nSPS) is 22.2. The van der Waals surface area contributed by atoms with Gasteiger partial charge in [0.15, 0.2) is 0 Å². The third-order valence-corrected chi connectivity index (χ3v) is 10.1. The van der Waals surface area contributed by atoms with E-state index in [1.165, 1.54) is 16.2 Å². The number of hydrogen-bond acceptors (Lipinski definition) is 3. The Morgan fingerprint density at radius 1 is 1.00 bits per heavy atom. The number of aromatic nitrogens is 1. The van der Waals surface area contributed by atoms with Gasteiger partial charge in [-0.2, -0.15) is 0 Å². The molecule has 3 heterocycles. The largest absolute Gasteiger partial charge is 0.304 e. The topological polar surface area (TPSA) is 28.5 Å². The minimum absolute atomic E-state index is 1.05. The van der Waals surface area contributed by atoms with Crippen molar-refractivity contribution >= 4 is 46.6 Å². The molecule has 0 bridgehead atoms. The third kappa shape index (κ3) is 2.13. The molecule has 0 aliphatic carbocycles. The van der Waals surface area contributed by atoms with E-state index in [-0.39, 0.29) is 0 Å². The van der Waals surface area contributed by atoms with Gasteiger partial charge in [0.25, 0.3) is 0 Å². The van der Waals surface area contributed by atoms with Crippen LogP contribution in [0.4, 0.5) is 5.69 Å². The van der Waals surface area contributed by atoms with Crippen LogP contribution in [-0.4, -0.2) is 11.7 Å². The van der Waals surface area contributed by atoms with Crippen LogP contribution in [0.15, 0.2) is 90.0 Å². The Morgan fingerprint density at radius 2 is 1.68 bits per heavy atom. The van der Waals surface area contributed by atoms with Gasteiger partial charge in [0, 0.05) is 40.3 Å². The lowest BCUT2D eigenvalue weighted by Gasteiger charge is -2.48. The van der Waals surface area contributed by atoms with E-state index in [2.05, 4.69) is 89.0 Å². The van der Waals surface area contributed by atoms with E-state index in [1.54, 1.807) is 0 Å². The molecule has 2 aromatic carbocycles. The number of fused-ring (bicyclic) bond motifs is 8. The van der Waals surface area contributed by atoms with E-state index in [0.717, 1.165) is 28.1 Å². The number of nitrogens with zero attached hydrogens (tertiary/aromatic N) is 3. The maximum atomic E-state index is 6.60. The fourth-order valence-electron chi connectivity index (χ4n) is 4.25. The van der Waals surface area contributed by atoms with Crippen LogP contribution in [0.2, 0.25) is 0 Å². The minimum atomic E-state index is -2.30. The number of aliphatic imine (C=N–C) groups is 1. The van der Waals surface area contributed by atoms with Crippen molar-refractivity contribution in [1.29, 1.82) is 0 Å². The molecule has 136 valence electrons. The first-order valence-corrected chi connectivity index (χ1v) is 11.8. The van der Waals surface area contributed by atoms with Crippen molar-refractivity contribution in [1.82, 2.24) is 4.98 Å². The highest BCUT2D eigenvalue weighted by Crippen LogP contribution is 2.63. The molecule has 28 heavy (non-hydrogen) atoms. The summed E-state index contributed by atoms with van der Waals surface area (Å²) >= 11 is 6.60. The second-order valence-corrected chi connectivity index (χ2v) is 10.8. The summed E-state index contributed by atoms with van der Waals surface area (Å²) in [5.41, 5.74) is 6.68. The number of pyridine rings is 1. The van der Waals surface area contributed by atoms with Crippen LogP contribution in [0.1, 0.15) is 12.5 Å². The summed E-state index contributed by atoms with van der Waals surface area (Å²) in [4.78, 5) is 8.50. The summed E-state index contributed by atoms with van der Waals surface area (Å²) in [6.07, 6.45) is 5.46. The first-order valence-electron chi connectivity index (χ1n) is 9.09. The molecule has 0 fully saturated rings. The smallest absolute Gasteiger partial charge is 0.0985 e. The van der Waals surface area contributed by atoms with Crippen LogP contribution in [-0.2, 0) is 11.8 Å². The van der Waals surface area contributed by atoms with Crippen molar-refractivity contribution in [2.45, 2.75) is 6.92 Å². The quantitative estimate of drug-likeness (QED) is 0.432. The van der Waals surface area contributed by atoms with E-state index in [4.69, 9.17) is 11.8 Å². The Bertz CT molecular complexity index is 1240. The van der Waals surface area contributed by atoms with Crippen LogP contribution < -0.4 is 15.3 Å². The van der Waals surface area contributed by atoms with Gasteiger partial charge in [0.2, 0.25) is 0 Å². The Kier molecular flexibility index (Phi) is 3.94. The van der Waals surface area contributed by atoms with Gasteiger partial charge in [-0.15, -0.1) is 0 Å². The molecule has 5 rings (SSSR count). The van der Waals surface area contributed by atoms with Gasteiger partial charge in [0.05, 0.1) is 17.6 Å². The zero-order valence-electron chi connectivity index (χ0n) is 15.4.